The predicted octanol–water partition coefficient (Wildman–Crippen LogP) is 5.45. The third-order valence-corrected chi connectivity index (χ3v) is 4.73. The van der Waals surface area contributed by atoms with Crippen LogP contribution in [0.25, 0.3) is 0 Å². The Bertz CT molecular complexity index is 598. The molecule has 0 heterocycles. The summed E-state index contributed by atoms with van der Waals surface area (Å²) in [6.45, 7) is 2.11. The second-order valence-electron chi connectivity index (χ2n) is 5.37. The molecule has 0 radical (unpaired) electrons. The molecule has 21 heavy (non-hydrogen) atoms. The fourth-order valence-corrected chi connectivity index (χ4v) is 3.23. The molecule has 2 aromatic rings. The molecular weight excluding hydrogens is 348 g/mol. The molecule has 0 saturated heterocycles. The van der Waals surface area contributed by atoms with E-state index >= 15 is 0 Å². The lowest BCUT2D eigenvalue weighted by atomic mass is 9.93. The molecule has 0 N–H and O–H groups in total. The molecule has 0 saturated carbocycles. The van der Waals surface area contributed by atoms with Gasteiger partial charge in [-0.05, 0) is 55.0 Å². The molecule has 2 rings (SSSR count). The van der Waals surface area contributed by atoms with Gasteiger partial charge in [-0.25, -0.2) is 0 Å². The average molecular weight is 368 g/mol. The SMILES string of the molecule is COc1ccc(C)cc1CC(CBr)Cc1cccc(Cl)c1. The van der Waals surface area contributed by atoms with Gasteiger partial charge in [0.2, 0.25) is 0 Å². The molecular formula is C18H20BrClO. The number of ether oxygens (including phenoxy) is 1. The summed E-state index contributed by atoms with van der Waals surface area (Å²) < 4.78 is 5.48. The maximum absolute atomic E-state index is 6.07. The highest BCUT2D eigenvalue weighted by Crippen LogP contribution is 2.25. The van der Waals surface area contributed by atoms with Gasteiger partial charge in [0.25, 0.3) is 0 Å². The average Bonchev–Trinajstić information content (AvgIpc) is 2.47. The van der Waals surface area contributed by atoms with Crippen molar-refractivity contribution < 1.29 is 4.74 Å². The molecule has 1 atom stereocenters. The molecule has 0 amide bonds. The fourth-order valence-electron chi connectivity index (χ4n) is 2.56. The van der Waals surface area contributed by atoms with Gasteiger partial charge in [-0.15, -0.1) is 0 Å². The van der Waals surface area contributed by atoms with Crippen LogP contribution in [0.1, 0.15) is 16.7 Å². The summed E-state index contributed by atoms with van der Waals surface area (Å²) in [5, 5.41) is 1.75. The zero-order valence-corrected chi connectivity index (χ0v) is 14.7. The van der Waals surface area contributed by atoms with E-state index in [1.54, 1.807) is 7.11 Å². The molecule has 1 nitrogen and oxygen atoms in total. The zero-order chi connectivity index (χ0) is 15.2. The van der Waals surface area contributed by atoms with Crippen molar-refractivity contribution in [2.45, 2.75) is 19.8 Å². The van der Waals surface area contributed by atoms with Gasteiger partial charge in [0.15, 0.2) is 0 Å². The highest BCUT2D eigenvalue weighted by Gasteiger charge is 2.13. The van der Waals surface area contributed by atoms with Crippen LogP contribution >= 0.6 is 27.5 Å². The Morgan fingerprint density at radius 2 is 1.95 bits per heavy atom. The summed E-state index contributed by atoms with van der Waals surface area (Å²) in [4.78, 5) is 0. The van der Waals surface area contributed by atoms with Crippen molar-refractivity contribution in [2.24, 2.45) is 5.92 Å². The first-order chi connectivity index (χ1) is 10.1. The molecule has 112 valence electrons. The standard InChI is InChI=1S/C18H20BrClO/c1-13-6-7-18(21-2)16(8-13)10-15(12-19)9-14-4-3-5-17(20)11-14/h3-8,11,15H,9-10,12H2,1-2H3. The number of hydrogen-bond acceptors (Lipinski definition) is 1. The van der Waals surface area contributed by atoms with Gasteiger partial charge < -0.3 is 4.74 Å². The Kier molecular flexibility index (Phi) is 6.13. The van der Waals surface area contributed by atoms with E-state index in [1.165, 1.54) is 16.7 Å². The summed E-state index contributed by atoms with van der Waals surface area (Å²) in [5.74, 6) is 1.48. The van der Waals surface area contributed by atoms with Crippen LogP contribution in [-0.4, -0.2) is 12.4 Å². The molecule has 1 unspecified atom stereocenters. The van der Waals surface area contributed by atoms with Gasteiger partial charge in [0.05, 0.1) is 7.11 Å². The third kappa shape index (κ3) is 4.76. The summed E-state index contributed by atoms with van der Waals surface area (Å²) in [6, 6.07) is 14.5. The number of benzene rings is 2. The van der Waals surface area contributed by atoms with Crippen LogP contribution in [0.5, 0.6) is 5.75 Å². The normalized spacial score (nSPS) is 12.2. The topological polar surface area (TPSA) is 9.23 Å². The maximum atomic E-state index is 6.07. The predicted molar refractivity (Wildman–Crippen MR) is 93.9 cm³/mol. The number of aryl methyl sites for hydroxylation is 1. The summed E-state index contributed by atoms with van der Waals surface area (Å²) >= 11 is 9.71. The van der Waals surface area contributed by atoms with Crippen LogP contribution in [0.2, 0.25) is 5.02 Å². The van der Waals surface area contributed by atoms with E-state index < -0.39 is 0 Å². The van der Waals surface area contributed by atoms with Crippen LogP contribution < -0.4 is 4.74 Å². The minimum atomic E-state index is 0.513. The lowest BCUT2D eigenvalue weighted by Gasteiger charge is -2.17. The molecule has 2 aromatic carbocycles. The van der Waals surface area contributed by atoms with E-state index in [0.717, 1.165) is 28.9 Å². The highest BCUT2D eigenvalue weighted by molar-refractivity contribution is 9.09. The van der Waals surface area contributed by atoms with Crippen LogP contribution in [0.15, 0.2) is 42.5 Å². The van der Waals surface area contributed by atoms with Gasteiger partial charge >= 0.3 is 0 Å². The van der Waals surface area contributed by atoms with Gasteiger partial charge in [0, 0.05) is 10.4 Å². The molecule has 0 aliphatic carbocycles. The number of hydrogen-bond donors (Lipinski definition) is 0. The van der Waals surface area contributed by atoms with Crippen molar-refractivity contribution >= 4 is 27.5 Å². The Hall–Kier alpha value is -0.990. The summed E-state index contributed by atoms with van der Waals surface area (Å²) in [5.41, 5.74) is 3.81. The van der Waals surface area contributed by atoms with Crippen molar-refractivity contribution in [3.05, 3.63) is 64.2 Å². The zero-order valence-electron chi connectivity index (χ0n) is 12.4. The Morgan fingerprint density at radius 3 is 2.62 bits per heavy atom. The molecule has 0 fully saturated rings. The van der Waals surface area contributed by atoms with Crippen molar-refractivity contribution in [3.8, 4) is 5.75 Å². The van der Waals surface area contributed by atoms with Gasteiger partial charge in [-0.2, -0.15) is 0 Å². The van der Waals surface area contributed by atoms with Crippen molar-refractivity contribution in [3.63, 3.8) is 0 Å². The third-order valence-electron chi connectivity index (χ3n) is 3.58. The van der Waals surface area contributed by atoms with Gasteiger partial charge in [0.1, 0.15) is 5.75 Å². The number of rotatable bonds is 6. The Morgan fingerprint density at radius 1 is 1.14 bits per heavy atom. The maximum Gasteiger partial charge on any atom is 0.122 e. The molecule has 0 aliphatic heterocycles. The Labute approximate surface area is 140 Å². The monoisotopic (exact) mass is 366 g/mol. The highest BCUT2D eigenvalue weighted by atomic mass is 79.9. The fraction of sp³-hybridized carbons (Fsp3) is 0.333. The molecule has 0 bridgehead atoms. The summed E-state index contributed by atoms with van der Waals surface area (Å²) in [6.07, 6.45) is 1.99. The van der Waals surface area contributed by atoms with E-state index in [1.807, 2.05) is 18.2 Å². The van der Waals surface area contributed by atoms with E-state index in [-0.39, 0.29) is 0 Å². The number of alkyl halides is 1. The van der Waals surface area contributed by atoms with Crippen molar-refractivity contribution in [2.75, 3.05) is 12.4 Å². The minimum absolute atomic E-state index is 0.513. The van der Waals surface area contributed by atoms with Crippen molar-refractivity contribution in [1.82, 2.24) is 0 Å². The quantitative estimate of drug-likeness (QED) is 0.617. The summed E-state index contributed by atoms with van der Waals surface area (Å²) in [7, 11) is 1.73. The molecule has 0 aliphatic rings. The molecule has 3 heteroatoms. The van der Waals surface area contributed by atoms with E-state index in [4.69, 9.17) is 16.3 Å². The first kappa shape index (κ1) is 16.4. The van der Waals surface area contributed by atoms with Gasteiger partial charge in [-0.1, -0.05) is 57.4 Å². The Balaban J connectivity index is 2.14. The van der Waals surface area contributed by atoms with Crippen LogP contribution in [0, 0.1) is 12.8 Å². The second-order valence-corrected chi connectivity index (χ2v) is 6.46. The first-order valence-electron chi connectivity index (χ1n) is 7.06. The van der Waals surface area contributed by atoms with Crippen LogP contribution in [-0.2, 0) is 12.8 Å². The first-order valence-corrected chi connectivity index (χ1v) is 8.56. The smallest absolute Gasteiger partial charge is 0.122 e. The van der Waals surface area contributed by atoms with E-state index in [2.05, 4.69) is 47.1 Å². The number of methoxy groups -OCH3 is 1. The molecule has 0 spiro atoms. The lowest BCUT2D eigenvalue weighted by Crippen LogP contribution is -2.11. The van der Waals surface area contributed by atoms with Crippen LogP contribution in [0.3, 0.4) is 0 Å². The number of halogens is 2. The second kappa shape index (κ2) is 7.86. The van der Waals surface area contributed by atoms with Gasteiger partial charge in [-0.3, -0.25) is 0 Å². The van der Waals surface area contributed by atoms with E-state index in [0.29, 0.717) is 5.92 Å². The molecule has 0 aromatic heterocycles. The van der Waals surface area contributed by atoms with Crippen molar-refractivity contribution in [1.29, 1.82) is 0 Å². The minimum Gasteiger partial charge on any atom is -0.496 e. The lowest BCUT2D eigenvalue weighted by molar-refractivity contribution is 0.405. The van der Waals surface area contributed by atoms with Crippen LogP contribution in [0.4, 0.5) is 0 Å². The van der Waals surface area contributed by atoms with E-state index in [9.17, 15) is 0 Å². The largest absolute Gasteiger partial charge is 0.496 e.